The van der Waals surface area contributed by atoms with E-state index in [1.807, 2.05) is 13.0 Å². The molecule has 4 rings (SSSR count). The number of rotatable bonds is 9. The average molecular weight is 551 g/mol. The van der Waals surface area contributed by atoms with Crippen LogP contribution in [0, 0.1) is 13.8 Å². The van der Waals surface area contributed by atoms with Gasteiger partial charge in [-0.05, 0) is 97.2 Å². The second-order valence-electron chi connectivity index (χ2n) is 10.5. The summed E-state index contributed by atoms with van der Waals surface area (Å²) in [5, 5.41) is 0. The Morgan fingerprint density at radius 2 is 1.39 bits per heavy atom. The molecule has 1 aliphatic carbocycles. The van der Waals surface area contributed by atoms with Gasteiger partial charge in [-0.15, -0.1) is 0 Å². The molecule has 1 atom stereocenters. The van der Waals surface area contributed by atoms with Gasteiger partial charge in [-0.25, -0.2) is 14.4 Å². The van der Waals surface area contributed by atoms with Crippen molar-refractivity contribution < 1.29 is 28.6 Å². The van der Waals surface area contributed by atoms with Crippen LogP contribution in [0.2, 0.25) is 0 Å². The third kappa shape index (κ3) is 6.55. The maximum absolute atomic E-state index is 12.3. The zero-order chi connectivity index (χ0) is 29.8. The normalized spacial score (nSPS) is 13.6. The van der Waals surface area contributed by atoms with Crippen LogP contribution in [0.3, 0.4) is 0 Å². The van der Waals surface area contributed by atoms with E-state index >= 15 is 0 Å². The van der Waals surface area contributed by atoms with Crippen molar-refractivity contribution in [1.29, 1.82) is 0 Å². The number of ether oxygens (including phenoxy) is 3. The Morgan fingerprint density at radius 1 is 0.829 bits per heavy atom. The Balaban J connectivity index is 1.68. The predicted molar refractivity (Wildman–Crippen MR) is 160 cm³/mol. The molecule has 210 valence electrons. The molecule has 0 radical (unpaired) electrons. The van der Waals surface area contributed by atoms with Crippen molar-refractivity contribution in [3.63, 3.8) is 0 Å². The SMILES string of the molecule is C=CC(=O)OCC1CCc2ccc(-c3cc(C)c(-c4ccc(OC(=O)C(=C)C)c(OC(=O)C(=C)C)c4)cc3C)cc21. The van der Waals surface area contributed by atoms with E-state index < -0.39 is 17.9 Å². The van der Waals surface area contributed by atoms with Crippen molar-refractivity contribution >= 4 is 17.9 Å². The fourth-order valence-electron chi connectivity index (χ4n) is 4.92. The average Bonchev–Trinajstić information content (AvgIpc) is 3.35. The summed E-state index contributed by atoms with van der Waals surface area (Å²) < 4.78 is 16.3. The van der Waals surface area contributed by atoms with E-state index in [0.717, 1.165) is 46.2 Å². The van der Waals surface area contributed by atoms with Crippen LogP contribution in [0.1, 0.15) is 48.4 Å². The van der Waals surface area contributed by atoms with E-state index in [-0.39, 0.29) is 28.6 Å². The van der Waals surface area contributed by atoms with Gasteiger partial charge < -0.3 is 14.2 Å². The number of benzene rings is 3. The summed E-state index contributed by atoms with van der Waals surface area (Å²) in [4.78, 5) is 36.1. The van der Waals surface area contributed by atoms with Crippen molar-refractivity contribution in [3.8, 4) is 33.8 Å². The zero-order valence-electron chi connectivity index (χ0n) is 24.0. The first kappa shape index (κ1) is 29.3. The van der Waals surface area contributed by atoms with Gasteiger partial charge in [0.25, 0.3) is 0 Å². The molecule has 0 fully saturated rings. The number of hydrogen-bond donors (Lipinski definition) is 0. The lowest BCUT2D eigenvalue weighted by Crippen LogP contribution is -2.12. The lowest BCUT2D eigenvalue weighted by Gasteiger charge is -2.17. The Morgan fingerprint density at radius 3 is 1.98 bits per heavy atom. The van der Waals surface area contributed by atoms with Crippen molar-refractivity contribution in [3.05, 3.63) is 108 Å². The Labute approximate surface area is 241 Å². The Hall–Kier alpha value is -4.71. The maximum Gasteiger partial charge on any atom is 0.338 e. The summed E-state index contributed by atoms with van der Waals surface area (Å²) in [6, 6.07) is 15.9. The van der Waals surface area contributed by atoms with Crippen molar-refractivity contribution in [1.82, 2.24) is 0 Å². The number of fused-ring (bicyclic) bond motifs is 1. The van der Waals surface area contributed by atoms with E-state index in [9.17, 15) is 14.4 Å². The van der Waals surface area contributed by atoms with Gasteiger partial charge in [0.1, 0.15) is 0 Å². The summed E-state index contributed by atoms with van der Waals surface area (Å²) in [5.74, 6) is -1.24. The highest BCUT2D eigenvalue weighted by molar-refractivity contribution is 5.91. The molecule has 6 heteroatoms. The van der Waals surface area contributed by atoms with Crippen LogP contribution < -0.4 is 9.47 Å². The standard InChI is InChI=1S/C35H34O6/c1-8-33(36)39-19-27-12-10-24-9-11-25(17-30(24)27)28-15-23(7)29(16-22(28)6)26-13-14-31(40-34(37)20(2)3)32(18-26)41-35(38)21(4)5/h8-9,11,13-18,27H,1-2,4,10,12,19H2,3,5-7H3. The lowest BCUT2D eigenvalue weighted by atomic mass is 9.90. The van der Waals surface area contributed by atoms with Gasteiger partial charge in [0.15, 0.2) is 11.5 Å². The first-order chi connectivity index (χ1) is 19.5. The summed E-state index contributed by atoms with van der Waals surface area (Å²) in [6.07, 6.45) is 3.09. The molecule has 0 N–H and O–H groups in total. The second-order valence-corrected chi connectivity index (χ2v) is 10.5. The molecule has 6 nitrogen and oxygen atoms in total. The highest BCUT2D eigenvalue weighted by Gasteiger charge is 2.25. The molecule has 1 unspecified atom stereocenters. The molecular formula is C35H34O6. The van der Waals surface area contributed by atoms with E-state index in [1.165, 1.54) is 17.2 Å². The van der Waals surface area contributed by atoms with Gasteiger partial charge in [-0.1, -0.05) is 56.1 Å². The van der Waals surface area contributed by atoms with Crippen LogP contribution >= 0.6 is 0 Å². The minimum Gasteiger partial charge on any atom is -0.462 e. The second kappa shape index (κ2) is 12.2. The summed E-state index contributed by atoms with van der Waals surface area (Å²) >= 11 is 0. The molecule has 0 aliphatic heterocycles. The van der Waals surface area contributed by atoms with Gasteiger partial charge in [0, 0.05) is 23.1 Å². The first-order valence-corrected chi connectivity index (χ1v) is 13.4. The van der Waals surface area contributed by atoms with Crippen molar-refractivity contribution in [2.75, 3.05) is 6.61 Å². The third-order valence-corrected chi connectivity index (χ3v) is 7.18. The quantitative estimate of drug-likeness (QED) is 0.157. The minimum absolute atomic E-state index is 0.119. The van der Waals surface area contributed by atoms with Gasteiger partial charge in [-0.2, -0.15) is 0 Å². The molecule has 41 heavy (non-hydrogen) atoms. The molecule has 0 amide bonds. The molecular weight excluding hydrogens is 516 g/mol. The van der Waals surface area contributed by atoms with E-state index in [1.54, 1.807) is 26.0 Å². The maximum atomic E-state index is 12.3. The number of carbonyl (C=O) groups is 3. The smallest absolute Gasteiger partial charge is 0.338 e. The van der Waals surface area contributed by atoms with Gasteiger partial charge in [-0.3, -0.25) is 0 Å². The Bertz CT molecular complexity index is 1590. The van der Waals surface area contributed by atoms with Crippen LogP contribution in [0.25, 0.3) is 22.3 Å². The number of aryl methyl sites for hydroxylation is 3. The predicted octanol–water partition coefficient (Wildman–Crippen LogP) is 7.36. The highest BCUT2D eigenvalue weighted by atomic mass is 16.6. The van der Waals surface area contributed by atoms with Crippen molar-refractivity contribution in [2.45, 2.75) is 46.5 Å². The van der Waals surface area contributed by atoms with E-state index in [0.29, 0.717) is 6.61 Å². The van der Waals surface area contributed by atoms with Gasteiger partial charge in [0.2, 0.25) is 0 Å². The summed E-state index contributed by atoms with van der Waals surface area (Å²) in [5.41, 5.74) is 8.97. The first-order valence-electron chi connectivity index (χ1n) is 13.4. The monoisotopic (exact) mass is 550 g/mol. The van der Waals surface area contributed by atoms with Crippen LogP contribution in [-0.2, 0) is 25.5 Å². The Kier molecular flexibility index (Phi) is 8.72. The fourth-order valence-corrected chi connectivity index (χ4v) is 4.92. The molecule has 0 saturated carbocycles. The molecule has 3 aromatic carbocycles. The van der Waals surface area contributed by atoms with Crippen LogP contribution in [-0.4, -0.2) is 24.5 Å². The largest absolute Gasteiger partial charge is 0.462 e. The van der Waals surface area contributed by atoms with E-state index in [2.05, 4.69) is 57.0 Å². The lowest BCUT2D eigenvalue weighted by molar-refractivity contribution is -0.138. The van der Waals surface area contributed by atoms with E-state index in [4.69, 9.17) is 14.2 Å². The topological polar surface area (TPSA) is 78.9 Å². The zero-order valence-corrected chi connectivity index (χ0v) is 24.0. The van der Waals surface area contributed by atoms with Gasteiger partial charge in [0.05, 0.1) is 6.61 Å². The number of hydrogen-bond acceptors (Lipinski definition) is 6. The van der Waals surface area contributed by atoms with Crippen LogP contribution in [0.4, 0.5) is 0 Å². The molecule has 0 saturated heterocycles. The van der Waals surface area contributed by atoms with Crippen molar-refractivity contribution in [2.24, 2.45) is 0 Å². The summed E-state index contributed by atoms with van der Waals surface area (Å²) in [6.45, 7) is 18.2. The molecule has 3 aromatic rings. The highest BCUT2D eigenvalue weighted by Crippen LogP contribution is 2.40. The van der Waals surface area contributed by atoms with Gasteiger partial charge >= 0.3 is 17.9 Å². The fraction of sp³-hybridized carbons (Fsp3) is 0.229. The molecule has 0 aromatic heterocycles. The van der Waals surface area contributed by atoms with Crippen LogP contribution in [0.15, 0.2) is 85.5 Å². The molecule has 0 bridgehead atoms. The summed E-state index contributed by atoms with van der Waals surface area (Å²) in [7, 11) is 0. The minimum atomic E-state index is -0.618. The third-order valence-electron chi connectivity index (χ3n) is 7.18. The molecule has 0 spiro atoms. The molecule has 1 aliphatic rings. The number of carbonyl (C=O) groups excluding carboxylic acids is 3. The number of esters is 3. The molecule has 0 heterocycles. The van der Waals surface area contributed by atoms with Crippen LogP contribution in [0.5, 0.6) is 11.5 Å².